The quantitative estimate of drug-likeness (QED) is 0.679. The van der Waals surface area contributed by atoms with Gasteiger partial charge in [0.1, 0.15) is 0 Å². The van der Waals surface area contributed by atoms with Crippen LogP contribution in [0.5, 0.6) is 0 Å². The second kappa shape index (κ2) is 8.30. The van der Waals surface area contributed by atoms with Crippen LogP contribution in [0.15, 0.2) is 6.07 Å². The van der Waals surface area contributed by atoms with E-state index in [2.05, 4.69) is 18.9 Å². The molecule has 104 valence electrons. The van der Waals surface area contributed by atoms with Gasteiger partial charge in [0.15, 0.2) is 0 Å². The Kier molecular flexibility index (Phi) is 7.02. The Morgan fingerprint density at radius 2 is 1.83 bits per heavy atom. The van der Waals surface area contributed by atoms with Gasteiger partial charge >= 0.3 is 0 Å². The number of aryl methyl sites for hydroxylation is 2. The van der Waals surface area contributed by atoms with Crippen molar-refractivity contribution in [3.63, 3.8) is 0 Å². The summed E-state index contributed by atoms with van der Waals surface area (Å²) >= 11 is 0. The molecule has 1 aromatic rings. The molecule has 3 nitrogen and oxygen atoms in total. The molecule has 1 N–H and O–H groups in total. The van der Waals surface area contributed by atoms with Crippen molar-refractivity contribution in [3.8, 4) is 0 Å². The standard InChI is InChI=1S/C15H28N2O/c1-4-6-7-8-9-10-11-15(18)14-12-13(5-2)16-17(14)3/h12,15,18H,4-11H2,1-3H3. The third-order valence-corrected chi connectivity index (χ3v) is 3.50. The summed E-state index contributed by atoms with van der Waals surface area (Å²) in [6, 6.07) is 2.03. The molecule has 0 saturated heterocycles. The lowest BCUT2D eigenvalue weighted by atomic mass is 10.1. The predicted molar refractivity (Wildman–Crippen MR) is 75.5 cm³/mol. The maximum absolute atomic E-state index is 10.2. The Morgan fingerprint density at radius 3 is 2.44 bits per heavy atom. The van der Waals surface area contributed by atoms with Crippen molar-refractivity contribution >= 4 is 0 Å². The van der Waals surface area contributed by atoms with Crippen LogP contribution in [0.1, 0.15) is 76.3 Å². The van der Waals surface area contributed by atoms with Crippen molar-refractivity contribution in [3.05, 3.63) is 17.5 Å². The molecule has 3 heteroatoms. The average molecular weight is 252 g/mol. The average Bonchev–Trinajstić information content (AvgIpc) is 2.75. The maximum Gasteiger partial charge on any atom is 0.0956 e. The molecule has 0 aliphatic rings. The van der Waals surface area contributed by atoms with Crippen LogP contribution in [0.3, 0.4) is 0 Å². The Labute approximate surface area is 111 Å². The monoisotopic (exact) mass is 252 g/mol. The van der Waals surface area contributed by atoms with Crippen LogP contribution in [0.4, 0.5) is 0 Å². The van der Waals surface area contributed by atoms with Gasteiger partial charge in [-0.25, -0.2) is 0 Å². The number of unbranched alkanes of at least 4 members (excludes halogenated alkanes) is 5. The van der Waals surface area contributed by atoms with Gasteiger partial charge in [-0.15, -0.1) is 0 Å². The van der Waals surface area contributed by atoms with E-state index >= 15 is 0 Å². The van der Waals surface area contributed by atoms with E-state index in [4.69, 9.17) is 0 Å². The molecule has 1 unspecified atom stereocenters. The normalized spacial score (nSPS) is 12.9. The van der Waals surface area contributed by atoms with E-state index in [1.807, 2.05) is 17.8 Å². The Balaban J connectivity index is 2.27. The van der Waals surface area contributed by atoms with Crippen molar-refractivity contribution in [2.24, 2.45) is 7.05 Å². The van der Waals surface area contributed by atoms with Crippen LogP contribution in [0, 0.1) is 0 Å². The minimum absolute atomic E-state index is 0.353. The highest BCUT2D eigenvalue weighted by molar-refractivity contribution is 5.12. The molecule has 0 bridgehead atoms. The highest BCUT2D eigenvalue weighted by atomic mass is 16.3. The third kappa shape index (κ3) is 4.81. The second-order valence-corrected chi connectivity index (χ2v) is 5.11. The predicted octanol–water partition coefficient (Wildman–Crippen LogP) is 3.77. The van der Waals surface area contributed by atoms with Gasteiger partial charge in [0.2, 0.25) is 0 Å². The lowest BCUT2D eigenvalue weighted by Crippen LogP contribution is -2.05. The topological polar surface area (TPSA) is 38.1 Å². The number of rotatable bonds is 9. The van der Waals surface area contributed by atoms with Gasteiger partial charge in [-0.05, 0) is 18.9 Å². The van der Waals surface area contributed by atoms with E-state index in [0.29, 0.717) is 0 Å². The first-order valence-electron chi connectivity index (χ1n) is 7.39. The van der Waals surface area contributed by atoms with Crippen molar-refractivity contribution in [2.75, 3.05) is 0 Å². The van der Waals surface area contributed by atoms with E-state index in [0.717, 1.165) is 30.7 Å². The van der Waals surface area contributed by atoms with E-state index in [9.17, 15) is 5.11 Å². The number of aromatic nitrogens is 2. The molecule has 0 spiro atoms. The minimum atomic E-state index is -0.353. The van der Waals surface area contributed by atoms with E-state index in [1.54, 1.807) is 0 Å². The Morgan fingerprint density at radius 1 is 1.17 bits per heavy atom. The smallest absolute Gasteiger partial charge is 0.0956 e. The van der Waals surface area contributed by atoms with Gasteiger partial charge < -0.3 is 5.11 Å². The minimum Gasteiger partial charge on any atom is -0.387 e. The fourth-order valence-electron chi connectivity index (χ4n) is 2.29. The van der Waals surface area contributed by atoms with Gasteiger partial charge in [-0.1, -0.05) is 52.4 Å². The Bertz CT molecular complexity index is 333. The van der Waals surface area contributed by atoms with Gasteiger partial charge in [0.05, 0.1) is 17.5 Å². The molecule has 0 fully saturated rings. The summed E-state index contributed by atoms with van der Waals surface area (Å²) in [6.45, 7) is 4.32. The van der Waals surface area contributed by atoms with Crippen molar-refractivity contribution < 1.29 is 5.11 Å². The highest BCUT2D eigenvalue weighted by Crippen LogP contribution is 2.20. The molecule has 1 aromatic heterocycles. The Hall–Kier alpha value is -0.830. The first kappa shape index (κ1) is 15.2. The molecule has 1 heterocycles. The fourth-order valence-corrected chi connectivity index (χ4v) is 2.29. The molecule has 0 aliphatic carbocycles. The summed E-state index contributed by atoms with van der Waals surface area (Å²) in [5, 5.41) is 14.5. The van der Waals surface area contributed by atoms with Gasteiger partial charge in [0.25, 0.3) is 0 Å². The molecule has 18 heavy (non-hydrogen) atoms. The molecule has 1 rings (SSSR count). The zero-order valence-electron chi connectivity index (χ0n) is 12.2. The molecular formula is C15H28N2O. The molecule has 0 saturated carbocycles. The van der Waals surface area contributed by atoms with Gasteiger partial charge in [-0.3, -0.25) is 4.68 Å². The number of nitrogens with zero attached hydrogens (tertiary/aromatic N) is 2. The van der Waals surface area contributed by atoms with Crippen LogP contribution < -0.4 is 0 Å². The summed E-state index contributed by atoms with van der Waals surface area (Å²) in [6.07, 6.45) is 9.03. The van der Waals surface area contributed by atoms with Crippen molar-refractivity contribution in [1.29, 1.82) is 0 Å². The largest absolute Gasteiger partial charge is 0.387 e. The summed E-state index contributed by atoms with van der Waals surface area (Å²) in [4.78, 5) is 0. The van der Waals surface area contributed by atoms with Gasteiger partial charge in [0, 0.05) is 7.05 Å². The molecular weight excluding hydrogens is 224 g/mol. The summed E-state index contributed by atoms with van der Waals surface area (Å²) in [5.74, 6) is 0. The third-order valence-electron chi connectivity index (χ3n) is 3.50. The van der Waals surface area contributed by atoms with Crippen LogP contribution in [0.25, 0.3) is 0 Å². The van der Waals surface area contributed by atoms with E-state index in [1.165, 1.54) is 32.1 Å². The second-order valence-electron chi connectivity index (χ2n) is 5.11. The van der Waals surface area contributed by atoms with Crippen LogP contribution in [-0.4, -0.2) is 14.9 Å². The number of aliphatic hydroxyl groups is 1. The number of hydrogen-bond acceptors (Lipinski definition) is 2. The molecule has 0 aromatic carbocycles. The zero-order chi connectivity index (χ0) is 13.4. The summed E-state index contributed by atoms with van der Waals surface area (Å²) in [7, 11) is 1.92. The maximum atomic E-state index is 10.2. The van der Waals surface area contributed by atoms with Crippen molar-refractivity contribution in [1.82, 2.24) is 9.78 Å². The lowest BCUT2D eigenvalue weighted by Gasteiger charge is -2.10. The van der Waals surface area contributed by atoms with Crippen LogP contribution >= 0.6 is 0 Å². The SMILES string of the molecule is CCCCCCCCC(O)c1cc(CC)nn1C. The summed E-state index contributed by atoms with van der Waals surface area (Å²) < 4.78 is 1.82. The fraction of sp³-hybridized carbons (Fsp3) is 0.800. The first-order chi connectivity index (χ1) is 8.69. The first-order valence-corrected chi connectivity index (χ1v) is 7.39. The molecule has 0 amide bonds. The van der Waals surface area contributed by atoms with Crippen molar-refractivity contribution in [2.45, 2.75) is 71.3 Å². The number of hydrogen-bond donors (Lipinski definition) is 1. The van der Waals surface area contributed by atoms with Crippen LogP contribution in [-0.2, 0) is 13.5 Å². The van der Waals surface area contributed by atoms with E-state index < -0.39 is 0 Å². The van der Waals surface area contributed by atoms with Gasteiger partial charge in [-0.2, -0.15) is 5.10 Å². The zero-order valence-corrected chi connectivity index (χ0v) is 12.2. The molecule has 0 aliphatic heterocycles. The lowest BCUT2D eigenvalue weighted by molar-refractivity contribution is 0.154. The summed E-state index contributed by atoms with van der Waals surface area (Å²) in [5.41, 5.74) is 2.02. The van der Waals surface area contributed by atoms with E-state index in [-0.39, 0.29) is 6.10 Å². The highest BCUT2D eigenvalue weighted by Gasteiger charge is 2.13. The number of aliphatic hydroxyl groups excluding tert-OH is 1. The molecule has 1 atom stereocenters. The van der Waals surface area contributed by atoms with Crippen LogP contribution in [0.2, 0.25) is 0 Å². The molecule has 0 radical (unpaired) electrons.